The maximum absolute atomic E-state index is 6.79. The molecule has 212 valence electrons. The molecule has 0 spiro atoms. The van der Waals surface area contributed by atoms with Crippen molar-refractivity contribution in [3.63, 3.8) is 0 Å². The first-order valence-corrected chi connectivity index (χ1v) is 15.2. The van der Waals surface area contributed by atoms with E-state index in [0.717, 1.165) is 75.0 Å². The number of hydrogen-bond donors (Lipinski definition) is 2. The van der Waals surface area contributed by atoms with Crippen LogP contribution in [0.2, 0.25) is 0 Å². The van der Waals surface area contributed by atoms with E-state index < -0.39 is 0 Å². The molecule has 2 N–H and O–H groups in total. The first-order valence-electron chi connectivity index (χ1n) is 15.2. The van der Waals surface area contributed by atoms with E-state index in [4.69, 9.17) is 4.74 Å². The van der Waals surface area contributed by atoms with E-state index in [1.54, 1.807) is 0 Å². The van der Waals surface area contributed by atoms with Crippen LogP contribution in [0.25, 0.3) is 0 Å². The predicted octanol–water partition coefficient (Wildman–Crippen LogP) is 7.96. The van der Waals surface area contributed by atoms with Crippen LogP contribution >= 0.6 is 0 Å². The molecule has 0 radical (unpaired) electrons. The highest BCUT2D eigenvalue weighted by Crippen LogP contribution is 2.53. The van der Waals surface area contributed by atoms with E-state index >= 15 is 0 Å². The van der Waals surface area contributed by atoms with Gasteiger partial charge in [0, 0.05) is 28.6 Å². The fourth-order valence-electron chi connectivity index (χ4n) is 5.75. The van der Waals surface area contributed by atoms with E-state index in [1.165, 1.54) is 24.0 Å². The van der Waals surface area contributed by atoms with Crippen LogP contribution in [-0.2, 0) is 5.41 Å². The number of nitrogens with one attached hydrogen (secondary N) is 2. The summed E-state index contributed by atoms with van der Waals surface area (Å²) >= 11 is 0. The molecule has 2 aromatic rings. The zero-order valence-electron chi connectivity index (χ0n) is 25.5. The normalized spacial score (nSPS) is 15.5. The minimum Gasteiger partial charge on any atom is -0.452 e. The van der Waals surface area contributed by atoms with Gasteiger partial charge in [0.05, 0.1) is 11.4 Å². The molecule has 0 amide bonds. The van der Waals surface area contributed by atoms with E-state index in [-0.39, 0.29) is 5.41 Å². The Bertz CT molecular complexity index is 919. The summed E-state index contributed by atoms with van der Waals surface area (Å²) in [5.74, 6) is 1.95. The average Bonchev–Trinajstić information content (AvgIpc) is 2.90. The Morgan fingerprint density at radius 2 is 1.08 bits per heavy atom. The molecule has 5 heteroatoms. The lowest BCUT2D eigenvalue weighted by atomic mass is 9.75. The third-order valence-electron chi connectivity index (χ3n) is 8.40. The van der Waals surface area contributed by atoms with Gasteiger partial charge < -0.3 is 25.2 Å². The van der Waals surface area contributed by atoms with Crippen LogP contribution in [0.3, 0.4) is 0 Å². The molecule has 1 heterocycles. The Morgan fingerprint density at radius 3 is 1.45 bits per heavy atom. The van der Waals surface area contributed by atoms with Crippen LogP contribution in [-0.4, -0.2) is 61.2 Å². The number of hydrogen-bond acceptors (Lipinski definition) is 5. The van der Waals surface area contributed by atoms with Crippen LogP contribution in [0, 0.1) is 0 Å². The summed E-state index contributed by atoms with van der Waals surface area (Å²) in [5, 5.41) is 7.58. The molecule has 5 nitrogen and oxygen atoms in total. The molecule has 38 heavy (non-hydrogen) atoms. The van der Waals surface area contributed by atoms with Crippen LogP contribution in [0.4, 0.5) is 11.4 Å². The van der Waals surface area contributed by atoms with Crippen molar-refractivity contribution in [3.8, 4) is 11.5 Å². The number of benzene rings is 2. The molecule has 1 aliphatic rings. The first-order chi connectivity index (χ1) is 18.2. The van der Waals surface area contributed by atoms with Gasteiger partial charge in [-0.05, 0) is 90.9 Å². The summed E-state index contributed by atoms with van der Waals surface area (Å²) < 4.78 is 6.79. The second-order valence-electron chi connectivity index (χ2n) is 11.5. The number of rotatable bonds is 16. The summed E-state index contributed by atoms with van der Waals surface area (Å²) in [4.78, 5) is 5.00. The average molecular weight is 523 g/mol. The van der Waals surface area contributed by atoms with Crippen molar-refractivity contribution in [3.05, 3.63) is 47.5 Å². The molecule has 3 rings (SSSR count). The molecule has 0 saturated heterocycles. The second kappa shape index (κ2) is 14.2. The van der Waals surface area contributed by atoms with Crippen molar-refractivity contribution in [2.75, 3.05) is 49.9 Å². The molecule has 0 aromatic heterocycles. The van der Waals surface area contributed by atoms with Crippen molar-refractivity contribution >= 4 is 11.4 Å². The Labute approximate surface area is 233 Å². The van der Waals surface area contributed by atoms with Crippen molar-refractivity contribution in [2.45, 2.75) is 98.6 Å². The van der Waals surface area contributed by atoms with Crippen LogP contribution in [0.5, 0.6) is 11.5 Å². The van der Waals surface area contributed by atoms with Crippen molar-refractivity contribution in [1.82, 2.24) is 9.80 Å². The smallest absolute Gasteiger partial charge is 0.154 e. The van der Waals surface area contributed by atoms with Crippen molar-refractivity contribution in [2.24, 2.45) is 0 Å². The minimum atomic E-state index is -0.143. The molecule has 1 aliphatic heterocycles. The zero-order valence-corrected chi connectivity index (χ0v) is 25.5. The minimum absolute atomic E-state index is 0.143. The molecule has 0 aliphatic carbocycles. The zero-order chi connectivity index (χ0) is 27.7. The molecule has 2 aromatic carbocycles. The maximum atomic E-state index is 6.79. The highest BCUT2D eigenvalue weighted by atomic mass is 16.5. The lowest BCUT2D eigenvalue weighted by molar-refractivity contribution is 0.295. The van der Waals surface area contributed by atoms with Crippen molar-refractivity contribution in [1.29, 1.82) is 0 Å². The third-order valence-corrected chi connectivity index (χ3v) is 8.40. The lowest BCUT2D eigenvalue weighted by Gasteiger charge is -2.37. The van der Waals surface area contributed by atoms with Crippen LogP contribution < -0.4 is 15.4 Å². The Balaban J connectivity index is 1.75. The van der Waals surface area contributed by atoms with Crippen LogP contribution in [0.1, 0.15) is 92.2 Å². The van der Waals surface area contributed by atoms with Gasteiger partial charge in [0.1, 0.15) is 0 Å². The highest BCUT2D eigenvalue weighted by molar-refractivity contribution is 5.73. The monoisotopic (exact) mass is 522 g/mol. The second-order valence-corrected chi connectivity index (χ2v) is 11.5. The quantitative estimate of drug-likeness (QED) is 0.234. The summed E-state index contributed by atoms with van der Waals surface area (Å²) in [6, 6.07) is 13.9. The van der Waals surface area contributed by atoms with Gasteiger partial charge in [-0.15, -0.1) is 0 Å². The van der Waals surface area contributed by atoms with E-state index in [9.17, 15) is 0 Å². The Hall–Kier alpha value is -2.24. The topological polar surface area (TPSA) is 39.8 Å². The molecule has 0 saturated carbocycles. The van der Waals surface area contributed by atoms with Gasteiger partial charge in [-0.3, -0.25) is 0 Å². The van der Waals surface area contributed by atoms with Gasteiger partial charge in [0.2, 0.25) is 0 Å². The summed E-state index contributed by atoms with van der Waals surface area (Å²) in [6.07, 6.45) is 4.66. The first kappa shape index (κ1) is 30.3. The van der Waals surface area contributed by atoms with E-state index in [0.29, 0.717) is 12.1 Å². The number of fused-ring (bicyclic) bond motifs is 2. The Kier molecular flexibility index (Phi) is 11.3. The predicted molar refractivity (Wildman–Crippen MR) is 165 cm³/mol. The van der Waals surface area contributed by atoms with E-state index in [1.807, 2.05) is 0 Å². The summed E-state index contributed by atoms with van der Waals surface area (Å²) in [5.41, 5.74) is 4.54. The fraction of sp³-hybridized carbons (Fsp3) is 0.636. The number of anilines is 2. The lowest BCUT2D eigenvalue weighted by Crippen LogP contribution is -2.28. The van der Waals surface area contributed by atoms with Crippen molar-refractivity contribution < 1.29 is 4.74 Å². The molecule has 0 fully saturated rings. The maximum Gasteiger partial charge on any atom is 0.154 e. The molecule has 0 bridgehead atoms. The number of ether oxygens (including phenoxy) is 1. The Morgan fingerprint density at radius 1 is 0.684 bits per heavy atom. The van der Waals surface area contributed by atoms with Gasteiger partial charge in [0.15, 0.2) is 11.5 Å². The summed E-state index contributed by atoms with van der Waals surface area (Å²) in [7, 11) is 0. The van der Waals surface area contributed by atoms with Gasteiger partial charge in [0.25, 0.3) is 0 Å². The SMILES string of the molecule is CCN(CC)CCCC(C)Nc1cccc2c1Oc1c(NC(C)CCCN(CC)CC)cccc1C2(C)C. The standard InChI is InChI=1S/C33H54N4O/c1-9-36(10-2)23-15-17-25(5)34-29-21-13-19-27-31(29)38-32-28(33(27,7)8)20-14-22-30(32)35-26(6)18-16-24-37(11-3)12-4/h13-14,19-22,25-26,34-35H,9-12,15-18,23-24H2,1-8H3. The third kappa shape index (κ3) is 7.45. The van der Waals surface area contributed by atoms with Gasteiger partial charge >= 0.3 is 0 Å². The fourth-order valence-corrected chi connectivity index (χ4v) is 5.75. The van der Waals surface area contributed by atoms with Gasteiger partial charge in [-0.2, -0.15) is 0 Å². The van der Waals surface area contributed by atoms with Gasteiger partial charge in [-0.1, -0.05) is 65.8 Å². The largest absolute Gasteiger partial charge is 0.452 e. The molecular formula is C33H54N4O. The van der Waals surface area contributed by atoms with Crippen LogP contribution in [0.15, 0.2) is 36.4 Å². The number of para-hydroxylation sites is 2. The highest BCUT2D eigenvalue weighted by Gasteiger charge is 2.36. The molecular weight excluding hydrogens is 468 g/mol. The number of nitrogens with zero attached hydrogens (tertiary/aromatic N) is 2. The summed E-state index contributed by atoms with van der Waals surface area (Å²) in [6.45, 7) is 25.0. The molecule has 2 unspecified atom stereocenters. The van der Waals surface area contributed by atoms with Gasteiger partial charge in [-0.25, -0.2) is 0 Å². The van der Waals surface area contributed by atoms with E-state index in [2.05, 4.69) is 112 Å². The molecule has 2 atom stereocenters.